The van der Waals surface area contributed by atoms with Gasteiger partial charge in [-0.15, -0.1) is 0 Å². The summed E-state index contributed by atoms with van der Waals surface area (Å²) in [6.07, 6.45) is 12.3. The van der Waals surface area contributed by atoms with Crippen molar-refractivity contribution in [2.45, 2.75) is 77.0 Å². The first-order valence-corrected chi connectivity index (χ1v) is 7.97. The van der Waals surface area contributed by atoms with Crippen molar-refractivity contribution in [2.24, 2.45) is 11.8 Å². The van der Waals surface area contributed by atoms with Crippen molar-refractivity contribution < 1.29 is 47.5 Å². The van der Waals surface area contributed by atoms with Gasteiger partial charge in [-0.05, 0) is 24.7 Å². The van der Waals surface area contributed by atoms with Crippen molar-refractivity contribution in [2.75, 3.05) is 0 Å². The maximum atomic E-state index is 10.2. The summed E-state index contributed by atoms with van der Waals surface area (Å²) in [4.78, 5) is 20.3. The van der Waals surface area contributed by atoms with E-state index in [2.05, 4.69) is 0 Å². The molecule has 0 bridgehead atoms. The van der Waals surface area contributed by atoms with E-state index >= 15 is 0 Å². The Kier molecular flexibility index (Phi) is 12.3. The zero-order chi connectivity index (χ0) is 14.8. The molecule has 0 saturated heterocycles. The molecule has 116 valence electrons. The van der Waals surface area contributed by atoms with E-state index in [1.54, 1.807) is 0 Å². The zero-order valence-corrected chi connectivity index (χ0v) is 18.5. The molecular weight excluding hydrogens is 457 g/mol. The Balaban J connectivity index is 0.000000364. The predicted molar refractivity (Wildman–Crippen MR) is 72.4 cm³/mol. The number of hydrogen-bond donors (Lipinski definition) is 0. The monoisotopic (exact) mass is 484 g/mol. The molecule has 0 atom stereocenters. The van der Waals surface area contributed by atoms with Crippen LogP contribution in [0, 0.1) is 11.8 Å². The maximum Gasteiger partial charge on any atom is 2.00 e. The molecule has 0 radical (unpaired) electrons. The molecule has 4 nitrogen and oxygen atoms in total. The molecule has 5 heteroatoms. The van der Waals surface area contributed by atoms with Crippen LogP contribution in [-0.4, -0.2) is 11.9 Å². The number of carbonyl (C=O) groups is 2. The smallest absolute Gasteiger partial charge is 0.550 e. The van der Waals surface area contributed by atoms with Crippen molar-refractivity contribution in [3.63, 3.8) is 0 Å². The van der Waals surface area contributed by atoms with E-state index in [9.17, 15) is 19.8 Å². The Morgan fingerprint density at radius 1 is 0.667 bits per heavy atom. The molecule has 0 heterocycles. The van der Waals surface area contributed by atoms with Crippen LogP contribution in [0.4, 0.5) is 0 Å². The van der Waals surface area contributed by atoms with Crippen LogP contribution in [0.1, 0.15) is 77.0 Å². The minimum Gasteiger partial charge on any atom is -0.550 e. The third-order valence-corrected chi connectivity index (χ3v) is 4.36. The summed E-state index contributed by atoms with van der Waals surface area (Å²) in [5, 5.41) is 20.3. The van der Waals surface area contributed by atoms with Gasteiger partial charge in [0.15, 0.2) is 0 Å². The van der Waals surface area contributed by atoms with Crippen molar-refractivity contribution in [1.82, 2.24) is 0 Å². The summed E-state index contributed by atoms with van der Waals surface area (Å²) < 4.78 is 0. The molecule has 2 aliphatic carbocycles. The third-order valence-electron chi connectivity index (χ3n) is 4.36. The van der Waals surface area contributed by atoms with Crippen LogP contribution in [0.2, 0.25) is 0 Å². The second kappa shape index (κ2) is 12.4. The standard InChI is InChI=1S/2C8H14O2.Hg/c2*9-8(10)6-7-4-2-1-3-5-7;/h2*7H,1-6H2,(H,9,10);/q;;+2/p-2. The van der Waals surface area contributed by atoms with Gasteiger partial charge in [0, 0.05) is 11.9 Å². The summed E-state index contributed by atoms with van der Waals surface area (Å²) in [5.41, 5.74) is 0. The molecule has 2 rings (SSSR count). The van der Waals surface area contributed by atoms with Crippen LogP contribution in [0.25, 0.3) is 0 Å². The summed E-state index contributed by atoms with van der Waals surface area (Å²) in [6, 6.07) is 0. The molecule has 2 aliphatic rings. The van der Waals surface area contributed by atoms with Crippen LogP contribution < -0.4 is 10.2 Å². The molecular formula is C16H26HgO4. The molecule has 0 aromatic heterocycles. The van der Waals surface area contributed by atoms with Crippen LogP contribution in [0.15, 0.2) is 0 Å². The summed E-state index contributed by atoms with van der Waals surface area (Å²) in [6.45, 7) is 0. The second-order valence-corrected chi connectivity index (χ2v) is 6.16. The number of carboxylic acid groups (broad SMARTS) is 2. The van der Waals surface area contributed by atoms with Crippen LogP contribution in [0.3, 0.4) is 0 Å². The molecule has 21 heavy (non-hydrogen) atoms. The topological polar surface area (TPSA) is 80.3 Å². The number of rotatable bonds is 4. The van der Waals surface area contributed by atoms with Crippen molar-refractivity contribution in [3.05, 3.63) is 0 Å². The Labute approximate surface area is 148 Å². The molecule has 0 unspecified atom stereocenters. The first-order chi connectivity index (χ1) is 9.58. The molecule has 0 spiro atoms. The van der Waals surface area contributed by atoms with Crippen molar-refractivity contribution >= 4 is 11.9 Å². The largest absolute Gasteiger partial charge is 2.00 e. The quantitative estimate of drug-likeness (QED) is 0.567. The predicted octanol–water partition coefficient (Wildman–Crippen LogP) is 1.41. The fourth-order valence-electron chi connectivity index (χ4n) is 3.25. The molecule has 0 amide bonds. The van der Waals surface area contributed by atoms with Gasteiger partial charge in [0.05, 0.1) is 0 Å². The Hall–Kier alpha value is -0.125. The first-order valence-electron chi connectivity index (χ1n) is 7.97. The summed E-state index contributed by atoms with van der Waals surface area (Å²) >= 11 is 0. The second-order valence-electron chi connectivity index (χ2n) is 6.16. The maximum absolute atomic E-state index is 10.2. The number of carbonyl (C=O) groups excluding carboxylic acids is 2. The van der Waals surface area contributed by atoms with E-state index < -0.39 is 11.9 Å². The van der Waals surface area contributed by atoms with Gasteiger partial charge in [-0.25, -0.2) is 0 Å². The number of hydrogen-bond acceptors (Lipinski definition) is 4. The van der Waals surface area contributed by atoms with Gasteiger partial charge in [0.2, 0.25) is 0 Å². The molecule has 2 saturated carbocycles. The minimum atomic E-state index is -0.882. The number of carboxylic acids is 2. The van der Waals surface area contributed by atoms with Crippen LogP contribution >= 0.6 is 0 Å². The van der Waals surface area contributed by atoms with Crippen molar-refractivity contribution in [3.8, 4) is 0 Å². The minimum absolute atomic E-state index is 0. The Morgan fingerprint density at radius 3 is 1.19 bits per heavy atom. The van der Waals surface area contributed by atoms with E-state index in [0.29, 0.717) is 11.8 Å². The number of aliphatic carboxylic acids is 2. The van der Waals surface area contributed by atoms with Gasteiger partial charge in [0.25, 0.3) is 0 Å². The average molecular weight is 483 g/mol. The van der Waals surface area contributed by atoms with Gasteiger partial charge in [-0.2, -0.15) is 0 Å². The van der Waals surface area contributed by atoms with E-state index in [0.717, 1.165) is 25.7 Å². The molecule has 0 aliphatic heterocycles. The van der Waals surface area contributed by atoms with E-state index in [-0.39, 0.29) is 40.5 Å². The zero-order valence-electron chi connectivity index (χ0n) is 13.0. The first kappa shape index (κ1) is 20.9. The SMILES string of the molecule is O=C([O-])CC1CCCCC1.O=C([O-])CC1CCCCC1.[Hg+2]. The van der Waals surface area contributed by atoms with E-state index in [1.165, 1.54) is 38.5 Å². The Bertz CT molecular complexity index is 265. The van der Waals surface area contributed by atoms with Crippen LogP contribution in [-0.2, 0) is 37.3 Å². The molecule has 0 aromatic rings. The van der Waals surface area contributed by atoms with Crippen molar-refractivity contribution in [1.29, 1.82) is 0 Å². The molecule has 0 N–H and O–H groups in total. The van der Waals surface area contributed by atoms with Gasteiger partial charge in [0.1, 0.15) is 0 Å². The van der Waals surface area contributed by atoms with E-state index in [1.807, 2.05) is 0 Å². The fraction of sp³-hybridized carbons (Fsp3) is 0.875. The van der Waals surface area contributed by atoms with Gasteiger partial charge in [-0.3, -0.25) is 0 Å². The van der Waals surface area contributed by atoms with Gasteiger partial charge in [-0.1, -0.05) is 64.2 Å². The third kappa shape index (κ3) is 11.1. The van der Waals surface area contributed by atoms with E-state index in [4.69, 9.17) is 0 Å². The van der Waals surface area contributed by atoms with Gasteiger partial charge >= 0.3 is 27.7 Å². The summed E-state index contributed by atoms with van der Waals surface area (Å²) in [7, 11) is 0. The molecule has 2 fully saturated rings. The normalized spacial score (nSPS) is 19.8. The van der Waals surface area contributed by atoms with Gasteiger partial charge < -0.3 is 19.8 Å². The van der Waals surface area contributed by atoms with Crippen LogP contribution in [0.5, 0.6) is 0 Å². The summed E-state index contributed by atoms with van der Waals surface area (Å²) in [5.74, 6) is -0.934. The Morgan fingerprint density at radius 2 is 0.952 bits per heavy atom. The average Bonchev–Trinajstić information content (AvgIpc) is 2.40. The molecule has 0 aromatic carbocycles. The fourth-order valence-corrected chi connectivity index (χ4v) is 3.25.